The van der Waals surface area contributed by atoms with Crippen LogP contribution in [0.5, 0.6) is 0 Å². The van der Waals surface area contributed by atoms with Gasteiger partial charge >= 0.3 is 0 Å². The summed E-state index contributed by atoms with van der Waals surface area (Å²) < 4.78 is 0. The zero-order valence-corrected chi connectivity index (χ0v) is 12.6. The van der Waals surface area contributed by atoms with Crippen molar-refractivity contribution in [2.24, 2.45) is 0 Å². The molecule has 0 saturated heterocycles. The van der Waals surface area contributed by atoms with Crippen LogP contribution in [0.2, 0.25) is 0 Å². The van der Waals surface area contributed by atoms with Crippen molar-refractivity contribution in [1.29, 1.82) is 0 Å². The molecule has 0 atom stereocenters. The summed E-state index contributed by atoms with van der Waals surface area (Å²) in [6.07, 6.45) is 2.38. The van der Waals surface area contributed by atoms with Gasteiger partial charge < -0.3 is 0 Å². The van der Waals surface area contributed by atoms with E-state index in [2.05, 4.69) is 60.8 Å². The van der Waals surface area contributed by atoms with Crippen LogP contribution in [0.25, 0.3) is 20.2 Å². The van der Waals surface area contributed by atoms with Crippen molar-refractivity contribution in [3.63, 3.8) is 0 Å². The molecule has 0 bridgehead atoms. The summed E-state index contributed by atoms with van der Waals surface area (Å²) in [4.78, 5) is 4.08. The molecule has 96 valence electrons. The normalized spacial score (nSPS) is 10.8. The van der Waals surface area contributed by atoms with Gasteiger partial charge in [-0.15, -0.1) is 22.7 Å². The molecule has 2 aromatic heterocycles. The largest absolute Gasteiger partial charge is 0.143 e. The van der Waals surface area contributed by atoms with Gasteiger partial charge in [-0.2, -0.15) is 0 Å². The molecule has 0 aliphatic rings. The lowest BCUT2D eigenvalue weighted by atomic mass is 10.1. The van der Waals surface area contributed by atoms with Crippen molar-refractivity contribution in [2.75, 3.05) is 0 Å². The van der Waals surface area contributed by atoms with Crippen LogP contribution in [0.3, 0.4) is 0 Å². The van der Waals surface area contributed by atoms with Gasteiger partial charge in [-0.3, -0.25) is 0 Å². The Labute approximate surface area is 122 Å². The number of rotatable bonds is 4. The molecule has 0 N–H and O–H groups in total. The third-order valence-electron chi connectivity index (χ3n) is 3.15. The molecule has 2 heteroatoms. The predicted molar refractivity (Wildman–Crippen MR) is 87.1 cm³/mol. The molecule has 0 aliphatic heterocycles. The second kappa shape index (κ2) is 5.72. The fourth-order valence-corrected chi connectivity index (χ4v) is 4.01. The third-order valence-corrected chi connectivity index (χ3v) is 5.35. The lowest BCUT2D eigenvalue weighted by Crippen LogP contribution is -1.81. The van der Waals surface area contributed by atoms with E-state index in [9.17, 15) is 0 Å². The second-order valence-electron chi connectivity index (χ2n) is 4.59. The van der Waals surface area contributed by atoms with Gasteiger partial charge in [0.2, 0.25) is 0 Å². The molecule has 0 saturated carbocycles. The van der Waals surface area contributed by atoms with Gasteiger partial charge in [-0.25, -0.2) is 0 Å². The molecule has 0 spiro atoms. The number of aryl methyl sites for hydroxylation is 1. The first-order chi connectivity index (χ1) is 9.36. The van der Waals surface area contributed by atoms with Crippen LogP contribution in [-0.2, 0) is 6.42 Å². The van der Waals surface area contributed by atoms with E-state index in [4.69, 9.17) is 0 Å². The average Bonchev–Trinajstić information content (AvgIpc) is 3.11. The molecule has 0 unspecified atom stereocenters. The van der Waals surface area contributed by atoms with Crippen molar-refractivity contribution in [3.05, 3.63) is 59.5 Å². The van der Waals surface area contributed by atoms with Gasteiger partial charge in [0.25, 0.3) is 0 Å². The van der Waals surface area contributed by atoms with Gasteiger partial charge in [0.05, 0.1) is 0 Å². The van der Waals surface area contributed by atoms with E-state index < -0.39 is 0 Å². The Hall–Kier alpha value is -1.38. The summed E-state index contributed by atoms with van der Waals surface area (Å²) in [5, 5.41) is 2.13. The van der Waals surface area contributed by atoms with Crippen LogP contribution in [-0.4, -0.2) is 0 Å². The van der Waals surface area contributed by atoms with Crippen LogP contribution in [0.15, 0.2) is 53.9 Å². The summed E-state index contributed by atoms with van der Waals surface area (Å²) in [5.41, 5.74) is 2.76. The lowest BCUT2D eigenvalue weighted by Gasteiger charge is -2.01. The SMILES string of the molecule is CCCc1ccc(-c2ccc(-c3cccs3)s2)cc1. The minimum Gasteiger partial charge on any atom is -0.143 e. The van der Waals surface area contributed by atoms with Gasteiger partial charge in [0.15, 0.2) is 0 Å². The Morgan fingerprint density at radius 2 is 1.63 bits per heavy atom. The molecule has 1 aromatic carbocycles. The molecule has 0 nitrogen and oxygen atoms in total. The van der Waals surface area contributed by atoms with E-state index in [0.29, 0.717) is 0 Å². The van der Waals surface area contributed by atoms with Gasteiger partial charge in [-0.05, 0) is 41.1 Å². The first-order valence-corrected chi connectivity index (χ1v) is 8.29. The predicted octanol–water partition coefficient (Wildman–Crippen LogP) is 6.10. The zero-order valence-electron chi connectivity index (χ0n) is 10.9. The topological polar surface area (TPSA) is 0 Å². The molecule has 0 amide bonds. The van der Waals surface area contributed by atoms with Crippen molar-refractivity contribution in [1.82, 2.24) is 0 Å². The average molecular weight is 284 g/mol. The maximum absolute atomic E-state index is 2.25. The first kappa shape index (κ1) is 12.6. The Morgan fingerprint density at radius 1 is 0.842 bits per heavy atom. The standard InChI is InChI=1S/C17H16S2/c1-2-4-13-6-8-14(9-7-13)15-10-11-17(19-15)16-5-3-12-18-16/h3,5-12H,2,4H2,1H3. The Kier molecular flexibility index (Phi) is 3.81. The monoisotopic (exact) mass is 284 g/mol. The van der Waals surface area contributed by atoms with Crippen LogP contribution >= 0.6 is 22.7 Å². The number of benzene rings is 1. The highest BCUT2D eigenvalue weighted by Gasteiger charge is 2.05. The second-order valence-corrected chi connectivity index (χ2v) is 6.62. The van der Waals surface area contributed by atoms with Crippen LogP contribution < -0.4 is 0 Å². The maximum Gasteiger partial charge on any atom is 0.0449 e. The molecule has 2 heterocycles. The van der Waals surface area contributed by atoms with E-state index in [1.807, 2.05) is 11.3 Å². The maximum atomic E-state index is 2.25. The smallest absolute Gasteiger partial charge is 0.0449 e. The van der Waals surface area contributed by atoms with E-state index in [1.54, 1.807) is 11.3 Å². The van der Waals surface area contributed by atoms with Gasteiger partial charge in [0.1, 0.15) is 0 Å². The summed E-state index contributed by atoms with van der Waals surface area (Å²) in [6, 6.07) is 17.8. The van der Waals surface area contributed by atoms with Gasteiger partial charge in [-0.1, -0.05) is 43.7 Å². The Balaban J connectivity index is 1.86. The summed E-state index contributed by atoms with van der Waals surface area (Å²) in [7, 11) is 0. The first-order valence-electron chi connectivity index (χ1n) is 6.60. The van der Waals surface area contributed by atoms with E-state index in [0.717, 1.165) is 0 Å². The molecule has 3 aromatic rings. The molecule has 0 radical (unpaired) electrons. The Morgan fingerprint density at radius 3 is 2.32 bits per heavy atom. The quantitative estimate of drug-likeness (QED) is 0.543. The van der Waals surface area contributed by atoms with Crippen LogP contribution in [0, 0.1) is 0 Å². The summed E-state index contributed by atoms with van der Waals surface area (Å²) in [5.74, 6) is 0. The highest BCUT2D eigenvalue weighted by molar-refractivity contribution is 7.23. The molecule has 19 heavy (non-hydrogen) atoms. The van der Waals surface area contributed by atoms with Crippen molar-refractivity contribution in [2.45, 2.75) is 19.8 Å². The van der Waals surface area contributed by atoms with E-state index in [-0.39, 0.29) is 0 Å². The van der Waals surface area contributed by atoms with Gasteiger partial charge in [0, 0.05) is 14.6 Å². The fourth-order valence-electron chi connectivity index (χ4n) is 2.17. The van der Waals surface area contributed by atoms with E-state index >= 15 is 0 Å². The highest BCUT2D eigenvalue weighted by atomic mass is 32.1. The molecule has 0 aliphatic carbocycles. The van der Waals surface area contributed by atoms with Crippen LogP contribution in [0.4, 0.5) is 0 Å². The highest BCUT2D eigenvalue weighted by Crippen LogP contribution is 2.36. The van der Waals surface area contributed by atoms with Crippen LogP contribution in [0.1, 0.15) is 18.9 Å². The zero-order chi connectivity index (χ0) is 13.1. The van der Waals surface area contributed by atoms with Crippen molar-refractivity contribution >= 4 is 22.7 Å². The van der Waals surface area contributed by atoms with Crippen molar-refractivity contribution in [3.8, 4) is 20.2 Å². The third kappa shape index (κ3) is 2.80. The summed E-state index contributed by atoms with van der Waals surface area (Å²) >= 11 is 3.68. The lowest BCUT2D eigenvalue weighted by molar-refractivity contribution is 0.922. The molecular formula is C17H16S2. The van der Waals surface area contributed by atoms with Crippen molar-refractivity contribution < 1.29 is 0 Å². The molecule has 0 fully saturated rings. The Bertz CT molecular complexity index is 630. The number of hydrogen-bond acceptors (Lipinski definition) is 2. The van der Waals surface area contributed by atoms with E-state index in [1.165, 1.54) is 38.6 Å². The summed E-state index contributed by atoms with van der Waals surface area (Å²) in [6.45, 7) is 2.22. The minimum atomic E-state index is 1.17. The fraction of sp³-hybridized carbons (Fsp3) is 0.176. The minimum absolute atomic E-state index is 1.17. The number of thiophene rings is 2. The molecule has 3 rings (SSSR count). The number of hydrogen-bond donors (Lipinski definition) is 0. The molecular weight excluding hydrogens is 268 g/mol.